The van der Waals surface area contributed by atoms with Gasteiger partial charge in [0.15, 0.2) is 0 Å². The van der Waals surface area contributed by atoms with E-state index >= 15 is 0 Å². The van der Waals surface area contributed by atoms with Crippen molar-refractivity contribution < 1.29 is 22.7 Å². The van der Waals surface area contributed by atoms with E-state index in [4.69, 9.17) is 26.2 Å². The zero-order chi connectivity index (χ0) is 17.0. The van der Waals surface area contributed by atoms with E-state index in [-0.39, 0.29) is 22.8 Å². The summed E-state index contributed by atoms with van der Waals surface area (Å²) < 4.78 is 33.1. The Morgan fingerprint density at radius 3 is 2.52 bits per heavy atom. The highest BCUT2D eigenvalue weighted by atomic mass is 35.5. The Morgan fingerprint density at radius 1 is 1.22 bits per heavy atom. The van der Waals surface area contributed by atoms with E-state index in [0.717, 1.165) is 6.07 Å². The second-order valence-electron chi connectivity index (χ2n) is 4.58. The second-order valence-corrected chi connectivity index (χ2v) is 6.52. The summed E-state index contributed by atoms with van der Waals surface area (Å²) in [4.78, 5) is 11.8. The number of methoxy groups -OCH3 is 1. The quantitative estimate of drug-likeness (QED) is 0.830. The zero-order valence-corrected chi connectivity index (χ0v) is 13.7. The van der Waals surface area contributed by atoms with Crippen molar-refractivity contribution in [2.24, 2.45) is 5.14 Å². The van der Waals surface area contributed by atoms with E-state index in [2.05, 4.69) is 0 Å². The third-order valence-corrected chi connectivity index (χ3v) is 4.32. The molecule has 0 aliphatic heterocycles. The predicted molar refractivity (Wildman–Crippen MR) is 84.9 cm³/mol. The minimum absolute atomic E-state index is 0.0325. The van der Waals surface area contributed by atoms with Gasteiger partial charge in [0.05, 0.1) is 12.7 Å². The van der Waals surface area contributed by atoms with Crippen molar-refractivity contribution in [1.82, 2.24) is 0 Å². The Hall–Kier alpha value is -2.09. The van der Waals surface area contributed by atoms with Crippen molar-refractivity contribution in [3.05, 3.63) is 58.6 Å². The van der Waals surface area contributed by atoms with Gasteiger partial charge < -0.3 is 9.47 Å². The lowest BCUT2D eigenvalue weighted by atomic mass is 10.2. The molecule has 0 amide bonds. The number of rotatable bonds is 5. The highest BCUT2D eigenvalue weighted by molar-refractivity contribution is 7.89. The number of halogens is 1. The minimum Gasteiger partial charge on any atom is -0.495 e. The number of carbonyl (C=O) groups excluding carboxylic acids is 1. The molecule has 0 unspecified atom stereocenters. The van der Waals surface area contributed by atoms with Crippen LogP contribution < -0.4 is 9.88 Å². The van der Waals surface area contributed by atoms with E-state index in [1.54, 1.807) is 24.3 Å². The van der Waals surface area contributed by atoms with Crippen molar-refractivity contribution >= 4 is 27.6 Å². The number of primary sulfonamides is 1. The maximum atomic E-state index is 12.1. The van der Waals surface area contributed by atoms with Crippen LogP contribution in [0.5, 0.6) is 5.75 Å². The molecule has 2 aromatic carbocycles. The van der Waals surface area contributed by atoms with Crippen LogP contribution in [0.3, 0.4) is 0 Å². The molecular weight excluding hydrogens is 342 g/mol. The molecule has 2 N–H and O–H groups in total. The van der Waals surface area contributed by atoms with Gasteiger partial charge in [-0.25, -0.2) is 18.4 Å². The fourth-order valence-corrected chi connectivity index (χ4v) is 2.78. The van der Waals surface area contributed by atoms with Gasteiger partial charge in [0.2, 0.25) is 10.0 Å². The summed E-state index contributed by atoms with van der Waals surface area (Å²) in [5.74, 6) is -0.646. The Balaban J connectivity index is 2.22. The van der Waals surface area contributed by atoms with Gasteiger partial charge in [-0.15, -0.1) is 0 Å². The van der Waals surface area contributed by atoms with Crippen LogP contribution in [0.1, 0.15) is 15.9 Å². The van der Waals surface area contributed by atoms with Gasteiger partial charge in [-0.1, -0.05) is 29.8 Å². The summed E-state index contributed by atoms with van der Waals surface area (Å²) in [6, 6.07) is 10.8. The molecule has 2 rings (SSSR count). The lowest BCUT2D eigenvalue weighted by Crippen LogP contribution is -2.15. The number of nitrogens with two attached hydrogens (primary N) is 1. The first-order valence-electron chi connectivity index (χ1n) is 6.44. The molecule has 23 heavy (non-hydrogen) atoms. The van der Waals surface area contributed by atoms with Gasteiger partial charge in [-0.2, -0.15) is 0 Å². The number of benzene rings is 2. The number of carbonyl (C=O) groups is 1. The van der Waals surface area contributed by atoms with Crippen LogP contribution in [0, 0.1) is 0 Å². The standard InChI is InChI=1S/C15H14ClNO5S/c1-21-13-7-6-10(8-14(13)23(17,19)20)15(18)22-9-11-4-2-3-5-12(11)16/h2-8H,9H2,1H3,(H2,17,19,20). The summed E-state index contributed by atoms with van der Waals surface area (Å²) >= 11 is 5.97. The van der Waals surface area contributed by atoms with Crippen LogP contribution in [0.2, 0.25) is 5.02 Å². The molecule has 0 fully saturated rings. The summed E-state index contributed by atoms with van der Waals surface area (Å²) in [6.45, 7) is -0.0325. The van der Waals surface area contributed by atoms with Crippen molar-refractivity contribution in [3.8, 4) is 5.75 Å². The van der Waals surface area contributed by atoms with E-state index in [1.807, 2.05) is 0 Å². The molecule has 0 spiro atoms. The first-order chi connectivity index (χ1) is 10.8. The molecule has 0 aliphatic rings. The Morgan fingerprint density at radius 2 is 1.91 bits per heavy atom. The molecule has 8 heteroatoms. The van der Waals surface area contributed by atoms with Crippen molar-refractivity contribution in [2.75, 3.05) is 7.11 Å². The van der Waals surface area contributed by atoms with Gasteiger partial charge in [-0.3, -0.25) is 0 Å². The van der Waals surface area contributed by atoms with E-state index in [0.29, 0.717) is 10.6 Å². The largest absolute Gasteiger partial charge is 0.495 e. The van der Waals surface area contributed by atoms with Gasteiger partial charge in [0.25, 0.3) is 0 Å². The van der Waals surface area contributed by atoms with Gasteiger partial charge in [0.1, 0.15) is 17.3 Å². The highest BCUT2D eigenvalue weighted by Crippen LogP contribution is 2.24. The summed E-state index contributed by atoms with van der Waals surface area (Å²) in [7, 11) is -2.72. The average Bonchev–Trinajstić information content (AvgIpc) is 2.52. The molecule has 0 radical (unpaired) electrons. The molecule has 2 aromatic rings. The SMILES string of the molecule is COc1ccc(C(=O)OCc2ccccc2Cl)cc1S(N)(=O)=O. The summed E-state index contributed by atoms with van der Waals surface area (Å²) in [5.41, 5.74) is 0.685. The van der Waals surface area contributed by atoms with Crippen LogP contribution in [0.25, 0.3) is 0 Å². The molecule has 0 aromatic heterocycles. The normalized spacial score (nSPS) is 11.1. The van der Waals surface area contributed by atoms with Gasteiger partial charge in [0, 0.05) is 10.6 Å². The lowest BCUT2D eigenvalue weighted by Gasteiger charge is -2.10. The maximum Gasteiger partial charge on any atom is 0.338 e. The summed E-state index contributed by atoms with van der Waals surface area (Å²) in [5, 5.41) is 5.58. The molecular formula is C15H14ClNO5S. The Bertz CT molecular complexity index is 836. The maximum absolute atomic E-state index is 12.1. The molecule has 0 aliphatic carbocycles. The monoisotopic (exact) mass is 355 g/mol. The van der Waals surface area contributed by atoms with Crippen LogP contribution in [0.4, 0.5) is 0 Å². The highest BCUT2D eigenvalue weighted by Gasteiger charge is 2.19. The number of hydrogen-bond donors (Lipinski definition) is 1. The van der Waals surface area contributed by atoms with Crippen LogP contribution >= 0.6 is 11.6 Å². The fraction of sp³-hybridized carbons (Fsp3) is 0.133. The predicted octanol–water partition coefficient (Wildman–Crippen LogP) is 2.35. The third-order valence-electron chi connectivity index (χ3n) is 3.02. The molecule has 6 nitrogen and oxygen atoms in total. The lowest BCUT2D eigenvalue weighted by molar-refractivity contribution is 0.0472. The minimum atomic E-state index is -4.03. The van der Waals surface area contributed by atoms with Crippen molar-refractivity contribution in [2.45, 2.75) is 11.5 Å². The fourth-order valence-electron chi connectivity index (χ4n) is 1.87. The molecule has 0 heterocycles. The Labute approximate surface area is 138 Å². The first-order valence-corrected chi connectivity index (χ1v) is 8.36. The molecule has 0 saturated heterocycles. The number of hydrogen-bond acceptors (Lipinski definition) is 5. The van der Waals surface area contributed by atoms with Crippen molar-refractivity contribution in [1.29, 1.82) is 0 Å². The molecule has 0 atom stereocenters. The summed E-state index contributed by atoms with van der Waals surface area (Å²) in [6.07, 6.45) is 0. The molecule has 0 saturated carbocycles. The number of esters is 1. The molecule has 0 bridgehead atoms. The second kappa shape index (κ2) is 6.99. The topological polar surface area (TPSA) is 95.7 Å². The average molecular weight is 356 g/mol. The smallest absolute Gasteiger partial charge is 0.338 e. The first kappa shape index (κ1) is 17.3. The van der Waals surface area contributed by atoms with Gasteiger partial charge in [-0.05, 0) is 24.3 Å². The van der Waals surface area contributed by atoms with Crippen LogP contribution in [-0.4, -0.2) is 21.5 Å². The third kappa shape index (κ3) is 4.22. The van der Waals surface area contributed by atoms with E-state index in [9.17, 15) is 13.2 Å². The van der Waals surface area contributed by atoms with E-state index in [1.165, 1.54) is 19.2 Å². The van der Waals surface area contributed by atoms with Crippen LogP contribution in [-0.2, 0) is 21.4 Å². The molecule has 122 valence electrons. The van der Waals surface area contributed by atoms with Crippen molar-refractivity contribution in [3.63, 3.8) is 0 Å². The Kier molecular flexibility index (Phi) is 5.25. The zero-order valence-electron chi connectivity index (χ0n) is 12.2. The number of sulfonamides is 1. The van der Waals surface area contributed by atoms with Gasteiger partial charge >= 0.3 is 5.97 Å². The number of ether oxygens (including phenoxy) is 2. The van der Waals surface area contributed by atoms with E-state index < -0.39 is 16.0 Å². The van der Waals surface area contributed by atoms with Crippen LogP contribution in [0.15, 0.2) is 47.4 Å².